The van der Waals surface area contributed by atoms with E-state index in [1.807, 2.05) is 7.05 Å². The molecule has 0 aliphatic heterocycles. The Balaban J connectivity index is 1.67. The van der Waals surface area contributed by atoms with Crippen LogP contribution in [0.1, 0.15) is 23.5 Å². The third-order valence-electron chi connectivity index (χ3n) is 4.06. The Labute approximate surface area is 114 Å². The summed E-state index contributed by atoms with van der Waals surface area (Å²) in [6, 6.07) is 21.3. The van der Waals surface area contributed by atoms with Crippen LogP contribution in [0.3, 0.4) is 0 Å². The number of hydrogen-bond donors (Lipinski definition) is 2. The average Bonchev–Trinajstić information content (AvgIpc) is 3.23. The van der Waals surface area contributed by atoms with Crippen LogP contribution in [-0.4, -0.2) is 12.7 Å². The lowest BCUT2D eigenvalue weighted by Crippen LogP contribution is -2.44. The Hall–Kier alpha value is -1.64. The molecule has 2 aromatic rings. The first-order valence-corrected chi connectivity index (χ1v) is 6.87. The Morgan fingerprint density at radius 3 is 2.26 bits per heavy atom. The predicted molar refractivity (Wildman–Crippen MR) is 78.9 cm³/mol. The molecule has 2 N–H and O–H groups in total. The Bertz CT molecular complexity index is 523. The fraction of sp³-hybridized carbons (Fsp3) is 0.294. The van der Waals surface area contributed by atoms with Crippen LogP contribution >= 0.6 is 0 Å². The first-order chi connectivity index (χ1) is 9.34. The van der Waals surface area contributed by atoms with Crippen molar-refractivity contribution in [3.63, 3.8) is 0 Å². The molecular weight excluding hydrogens is 232 g/mol. The second-order valence-corrected chi connectivity index (χ2v) is 5.23. The molecule has 1 aliphatic carbocycles. The number of rotatable bonds is 5. The fourth-order valence-corrected chi connectivity index (χ4v) is 2.77. The van der Waals surface area contributed by atoms with Crippen molar-refractivity contribution in [3.8, 4) is 0 Å². The molecule has 1 saturated carbocycles. The van der Waals surface area contributed by atoms with E-state index in [0.717, 1.165) is 13.0 Å². The van der Waals surface area contributed by atoms with Gasteiger partial charge in [-0.15, -0.1) is 0 Å². The summed E-state index contributed by atoms with van der Waals surface area (Å²) < 4.78 is 0. The third-order valence-corrected chi connectivity index (χ3v) is 4.06. The van der Waals surface area contributed by atoms with E-state index in [1.54, 1.807) is 0 Å². The van der Waals surface area contributed by atoms with Crippen molar-refractivity contribution in [1.82, 2.24) is 10.6 Å². The molecule has 0 radical (unpaired) electrons. The highest BCUT2D eigenvalue weighted by atomic mass is 15.2. The summed E-state index contributed by atoms with van der Waals surface area (Å²) >= 11 is 0. The minimum atomic E-state index is 0.0667. The molecule has 0 heterocycles. The summed E-state index contributed by atoms with van der Waals surface area (Å²) in [5, 5.41) is 7.13. The summed E-state index contributed by atoms with van der Waals surface area (Å²) in [5.74, 6) is 0.572. The van der Waals surface area contributed by atoms with Gasteiger partial charge in [0.2, 0.25) is 0 Å². The van der Waals surface area contributed by atoms with Gasteiger partial charge in [0.15, 0.2) is 0 Å². The molecule has 2 unspecified atom stereocenters. The van der Waals surface area contributed by atoms with Gasteiger partial charge < -0.3 is 5.32 Å². The van der Waals surface area contributed by atoms with E-state index >= 15 is 0 Å². The first kappa shape index (κ1) is 12.4. The zero-order valence-corrected chi connectivity index (χ0v) is 11.3. The SMILES string of the molecule is CNC1(NCc2ccccc2)CC1c1ccccc1. The number of nitrogens with one attached hydrogen (secondary N) is 2. The van der Waals surface area contributed by atoms with Gasteiger partial charge in [0.1, 0.15) is 0 Å². The van der Waals surface area contributed by atoms with Gasteiger partial charge in [-0.05, 0) is 24.6 Å². The summed E-state index contributed by atoms with van der Waals surface area (Å²) in [6.45, 7) is 0.908. The van der Waals surface area contributed by atoms with Crippen molar-refractivity contribution >= 4 is 0 Å². The minimum absolute atomic E-state index is 0.0667. The molecule has 2 aromatic carbocycles. The van der Waals surface area contributed by atoms with Crippen molar-refractivity contribution in [2.24, 2.45) is 0 Å². The highest BCUT2D eigenvalue weighted by Gasteiger charge is 2.53. The molecule has 2 heteroatoms. The molecule has 3 rings (SSSR count). The Morgan fingerprint density at radius 1 is 1.00 bits per heavy atom. The quantitative estimate of drug-likeness (QED) is 0.800. The molecule has 0 amide bonds. The summed E-state index contributed by atoms with van der Waals surface area (Å²) in [6.07, 6.45) is 1.15. The van der Waals surface area contributed by atoms with Gasteiger partial charge in [0.25, 0.3) is 0 Å². The number of hydrogen-bond acceptors (Lipinski definition) is 2. The zero-order valence-electron chi connectivity index (χ0n) is 11.3. The molecule has 0 saturated heterocycles. The smallest absolute Gasteiger partial charge is 0.0766 e. The average molecular weight is 252 g/mol. The summed E-state index contributed by atoms with van der Waals surface area (Å²) in [4.78, 5) is 0. The van der Waals surface area contributed by atoms with Crippen molar-refractivity contribution < 1.29 is 0 Å². The zero-order chi connectivity index (χ0) is 13.1. The number of likely N-dealkylation sites (N-methyl/N-ethyl adjacent to an activating group) is 1. The van der Waals surface area contributed by atoms with Crippen LogP contribution in [0.5, 0.6) is 0 Å². The van der Waals surface area contributed by atoms with E-state index in [-0.39, 0.29) is 5.66 Å². The van der Waals surface area contributed by atoms with Gasteiger partial charge in [-0.1, -0.05) is 60.7 Å². The van der Waals surface area contributed by atoms with Crippen LogP contribution in [0.25, 0.3) is 0 Å². The van der Waals surface area contributed by atoms with Crippen LogP contribution in [0, 0.1) is 0 Å². The van der Waals surface area contributed by atoms with Gasteiger partial charge >= 0.3 is 0 Å². The topological polar surface area (TPSA) is 24.1 Å². The third kappa shape index (κ3) is 2.55. The normalized spacial score (nSPS) is 25.2. The van der Waals surface area contributed by atoms with E-state index in [4.69, 9.17) is 0 Å². The highest BCUT2D eigenvalue weighted by Crippen LogP contribution is 2.49. The van der Waals surface area contributed by atoms with E-state index < -0.39 is 0 Å². The second kappa shape index (κ2) is 5.16. The lowest BCUT2D eigenvalue weighted by Gasteiger charge is -2.19. The lowest BCUT2D eigenvalue weighted by atomic mass is 10.1. The molecule has 2 nitrogen and oxygen atoms in total. The molecule has 0 aromatic heterocycles. The largest absolute Gasteiger partial charge is 0.302 e. The molecule has 1 fully saturated rings. The molecule has 1 aliphatic rings. The maximum atomic E-state index is 3.67. The fourth-order valence-electron chi connectivity index (χ4n) is 2.77. The standard InChI is InChI=1S/C17H20N2/c1-18-17(19-13-14-8-4-2-5-9-14)12-16(17)15-10-6-3-7-11-15/h2-11,16,18-19H,12-13H2,1H3. The number of benzene rings is 2. The molecule has 2 atom stereocenters. The Kier molecular flexibility index (Phi) is 3.36. The van der Waals surface area contributed by atoms with Crippen molar-refractivity contribution in [3.05, 3.63) is 71.8 Å². The Morgan fingerprint density at radius 2 is 1.63 bits per heavy atom. The first-order valence-electron chi connectivity index (χ1n) is 6.87. The maximum Gasteiger partial charge on any atom is 0.0766 e. The van der Waals surface area contributed by atoms with Gasteiger partial charge in [-0.2, -0.15) is 0 Å². The van der Waals surface area contributed by atoms with Gasteiger partial charge in [0, 0.05) is 12.5 Å². The van der Waals surface area contributed by atoms with E-state index in [1.165, 1.54) is 11.1 Å². The highest BCUT2D eigenvalue weighted by molar-refractivity contribution is 5.32. The van der Waals surface area contributed by atoms with Crippen molar-refractivity contribution in [2.45, 2.75) is 24.5 Å². The van der Waals surface area contributed by atoms with Crippen LogP contribution in [0.2, 0.25) is 0 Å². The van der Waals surface area contributed by atoms with Crippen LogP contribution in [0.4, 0.5) is 0 Å². The molecule has 0 spiro atoms. The van der Waals surface area contributed by atoms with Crippen LogP contribution in [-0.2, 0) is 6.54 Å². The van der Waals surface area contributed by atoms with Crippen molar-refractivity contribution in [1.29, 1.82) is 0 Å². The van der Waals surface area contributed by atoms with E-state index in [2.05, 4.69) is 71.3 Å². The molecule has 0 bridgehead atoms. The van der Waals surface area contributed by atoms with Gasteiger partial charge in [-0.25, -0.2) is 0 Å². The van der Waals surface area contributed by atoms with Gasteiger partial charge in [0.05, 0.1) is 5.66 Å². The maximum absolute atomic E-state index is 3.67. The summed E-state index contributed by atoms with van der Waals surface area (Å²) in [7, 11) is 2.04. The molecule has 98 valence electrons. The predicted octanol–water partition coefficient (Wildman–Crippen LogP) is 2.88. The molecular formula is C17H20N2. The van der Waals surface area contributed by atoms with Crippen molar-refractivity contribution in [2.75, 3.05) is 7.05 Å². The van der Waals surface area contributed by atoms with E-state index in [0.29, 0.717) is 5.92 Å². The molecule has 19 heavy (non-hydrogen) atoms. The summed E-state index contributed by atoms with van der Waals surface area (Å²) in [5.41, 5.74) is 2.81. The second-order valence-electron chi connectivity index (χ2n) is 5.23. The van der Waals surface area contributed by atoms with E-state index in [9.17, 15) is 0 Å². The van der Waals surface area contributed by atoms with Gasteiger partial charge in [-0.3, -0.25) is 5.32 Å². The monoisotopic (exact) mass is 252 g/mol. The minimum Gasteiger partial charge on any atom is -0.302 e. The van der Waals surface area contributed by atoms with Crippen LogP contribution < -0.4 is 10.6 Å². The van der Waals surface area contributed by atoms with Crippen LogP contribution in [0.15, 0.2) is 60.7 Å². The lowest BCUT2D eigenvalue weighted by molar-refractivity contribution is 0.422.